The van der Waals surface area contributed by atoms with Gasteiger partial charge in [0.1, 0.15) is 17.0 Å². The van der Waals surface area contributed by atoms with Crippen LogP contribution in [-0.4, -0.2) is 15.3 Å². The van der Waals surface area contributed by atoms with Gasteiger partial charge in [-0.05, 0) is 24.6 Å². The monoisotopic (exact) mass is 251 g/mol. The molecule has 0 saturated heterocycles. The lowest BCUT2D eigenvalue weighted by Crippen LogP contribution is -2.14. The third-order valence-corrected chi connectivity index (χ3v) is 3.06. The quantitative estimate of drug-likeness (QED) is 0.760. The SMILES string of the molecule is Cc1ccn2c(C(N)=O)c(-c3ccccc3)nc2c1. The number of aromatic nitrogens is 2. The summed E-state index contributed by atoms with van der Waals surface area (Å²) in [7, 11) is 0. The fourth-order valence-electron chi connectivity index (χ4n) is 2.18. The average Bonchev–Trinajstić information content (AvgIpc) is 2.78. The molecule has 4 nitrogen and oxygen atoms in total. The van der Waals surface area contributed by atoms with E-state index in [2.05, 4.69) is 4.98 Å². The van der Waals surface area contributed by atoms with E-state index in [0.717, 1.165) is 16.8 Å². The van der Waals surface area contributed by atoms with Crippen molar-refractivity contribution in [3.05, 3.63) is 59.9 Å². The normalized spacial score (nSPS) is 10.8. The zero-order valence-electron chi connectivity index (χ0n) is 10.5. The van der Waals surface area contributed by atoms with Gasteiger partial charge in [-0.1, -0.05) is 30.3 Å². The van der Waals surface area contributed by atoms with E-state index >= 15 is 0 Å². The molecule has 3 aromatic rings. The molecule has 0 radical (unpaired) electrons. The molecule has 0 unspecified atom stereocenters. The summed E-state index contributed by atoms with van der Waals surface area (Å²) in [5.74, 6) is -0.477. The summed E-state index contributed by atoms with van der Waals surface area (Å²) >= 11 is 0. The number of rotatable bonds is 2. The zero-order chi connectivity index (χ0) is 13.4. The van der Waals surface area contributed by atoms with Crippen LogP contribution in [0.3, 0.4) is 0 Å². The Bertz CT molecular complexity index is 760. The first kappa shape index (κ1) is 11.5. The molecule has 0 aliphatic heterocycles. The van der Waals surface area contributed by atoms with Gasteiger partial charge in [0, 0.05) is 11.8 Å². The van der Waals surface area contributed by atoms with Crippen molar-refractivity contribution < 1.29 is 4.79 Å². The average molecular weight is 251 g/mol. The smallest absolute Gasteiger partial charge is 0.268 e. The first-order valence-electron chi connectivity index (χ1n) is 6.01. The van der Waals surface area contributed by atoms with E-state index in [1.165, 1.54) is 0 Å². The minimum absolute atomic E-state index is 0.418. The highest BCUT2D eigenvalue weighted by atomic mass is 16.1. The van der Waals surface area contributed by atoms with Gasteiger partial charge in [-0.3, -0.25) is 9.20 Å². The van der Waals surface area contributed by atoms with Crippen LogP contribution in [0.1, 0.15) is 16.1 Å². The first-order valence-corrected chi connectivity index (χ1v) is 6.01. The molecule has 0 aliphatic carbocycles. The van der Waals surface area contributed by atoms with Gasteiger partial charge in [0.05, 0.1) is 0 Å². The van der Waals surface area contributed by atoms with Crippen molar-refractivity contribution in [2.75, 3.05) is 0 Å². The Balaban J connectivity index is 2.35. The minimum atomic E-state index is -0.477. The van der Waals surface area contributed by atoms with Crippen LogP contribution in [0.25, 0.3) is 16.9 Å². The van der Waals surface area contributed by atoms with Crippen LogP contribution in [0.15, 0.2) is 48.7 Å². The summed E-state index contributed by atoms with van der Waals surface area (Å²) < 4.78 is 1.73. The molecule has 0 aliphatic rings. The number of amides is 1. The van der Waals surface area contributed by atoms with E-state index in [1.807, 2.05) is 55.6 Å². The molecule has 4 heteroatoms. The van der Waals surface area contributed by atoms with E-state index in [1.54, 1.807) is 4.40 Å². The third-order valence-electron chi connectivity index (χ3n) is 3.06. The Kier molecular flexibility index (Phi) is 2.56. The molecule has 3 rings (SSSR count). The number of imidazole rings is 1. The summed E-state index contributed by atoms with van der Waals surface area (Å²) in [6, 6.07) is 13.4. The lowest BCUT2D eigenvalue weighted by molar-refractivity contribution is 0.0995. The fourth-order valence-corrected chi connectivity index (χ4v) is 2.18. The van der Waals surface area contributed by atoms with Crippen molar-refractivity contribution in [3.8, 4) is 11.3 Å². The van der Waals surface area contributed by atoms with Crippen molar-refractivity contribution in [2.24, 2.45) is 5.73 Å². The largest absolute Gasteiger partial charge is 0.364 e. The number of nitrogens with zero attached hydrogens (tertiary/aromatic N) is 2. The van der Waals surface area contributed by atoms with E-state index < -0.39 is 5.91 Å². The second-order valence-corrected chi connectivity index (χ2v) is 4.47. The van der Waals surface area contributed by atoms with E-state index in [4.69, 9.17) is 5.73 Å². The highest BCUT2D eigenvalue weighted by Crippen LogP contribution is 2.24. The van der Waals surface area contributed by atoms with Gasteiger partial charge in [0.2, 0.25) is 0 Å². The van der Waals surface area contributed by atoms with Gasteiger partial charge in [0.15, 0.2) is 0 Å². The van der Waals surface area contributed by atoms with Gasteiger partial charge < -0.3 is 5.73 Å². The number of carbonyl (C=O) groups is 1. The molecular weight excluding hydrogens is 238 g/mol. The summed E-state index contributed by atoms with van der Waals surface area (Å²) in [6.45, 7) is 1.99. The molecule has 0 saturated carbocycles. The van der Waals surface area contributed by atoms with Gasteiger partial charge in [-0.15, -0.1) is 0 Å². The maximum Gasteiger partial charge on any atom is 0.268 e. The van der Waals surface area contributed by atoms with Crippen LogP contribution in [0.4, 0.5) is 0 Å². The van der Waals surface area contributed by atoms with Crippen LogP contribution < -0.4 is 5.73 Å². The molecule has 0 fully saturated rings. The van der Waals surface area contributed by atoms with Gasteiger partial charge in [-0.25, -0.2) is 4.98 Å². The van der Waals surface area contributed by atoms with Crippen LogP contribution in [0, 0.1) is 6.92 Å². The van der Waals surface area contributed by atoms with E-state index in [-0.39, 0.29) is 0 Å². The van der Waals surface area contributed by atoms with Crippen molar-refractivity contribution in [1.82, 2.24) is 9.38 Å². The lowest BCUT2D eigenvalue weighted by atomic mass is 10.1. The van der Waals surface area contributed by atoms with Crippen molar-refractivity contribution in [3.63, 3.8) is 0 Å². The number of primary amides is 1. The zero-order valence-corrected chi connectivity index (χ0v) is 10.5. The Morgan fingerprint density at radius 2 is 1.95 bits per heavy atom. The van der Waals surface area contributed by atoms with Crippen molar-refractivity contribution in [1.29, 1.82) is 0 Å². The Morgan fingerprint density at radius 3 is 2.63 bits per heavy atom. The summed E-state index contributed by atoms with van der Waals surface area (Å²) in [5.41, 5.74) is 9.25. The molecule has 2 N–H and O–H groups in total. The fraction of sp³-hybridized carbons (Fsp3) is 0.0667. The molecule has 0 bridgehead atoms. The predicted molar refractivity (Wildman–Crippen MR) is 73.9 cm³/mol. The van der Waals surface area contributed by atoms with Crippen LogP contribution in [0.5, 0.6) is 0 Å². The topological polar surface area (TPSA) is 60.4 Å². The van der Waals surface area contributed by atoms with Crippen molar-refractivity contribution in [2.45, 2.75) is 6.92 Å². The van der Waals surface area contributed by atoms with Crippen molar-refractivity contribution >= 4 is 11.6 Å². The van der Waals surface area contributed by atoms with E-state index in [0.29, 0.717) is 11.4 Å². The second kappa shape index (κ2) is 4.24. The first-order chi connectivity index (χ1) is 9.16. The molecule has 2 heterocycles. The highest BCUT2D eigenvalue weighted by molar-refractivity contribution is 5.98. The molecular formula is C15H13N3O. The second-order valence-electron chi connectivity index (χ2n) is 4.47. The molecule has 2 aromatic heterocycles. The van der Waals surface area contributed by atoms with Crippen LogP contribution in [-0.2, 0) is 0 Å². The minimum Gasteiger partial charge on any atom is -0.364 e. The standard InChI is InChI=1S/C15H13N3O/c1-10-7-8-18-12(9-10)17-13(14(18)15(16)19)11-5-3-2-4-6-11/h2-9H,1H3,(H2,16,19). The number of pyridine rings is 1. The number of aryl methyl sites for hydroxylation is 1. The van der Waals surface area contributed by atoms with Gasteiger partial charge in [0.25, 0.3) is 5.91 Å². The number of benzene rings is 1. The third kappa shape index (κ3) is 1.87. The number of hydrogen-bond donors (Lipinski definition) is 1. The molecule has 0 spiro atoms. The van der Waals surface area contributed by atoms with Crippen LogP contribution in [0.2, 0.25) is 0 Å². The Hall–Kier alpha value is -2.62. The molecule has 1 amide bonds. The molecule has 1 aromatic carbocycles. The number of hydrogen-bond acceptors (Lipinski definition) is 2. The maximum absolute atomic E-state index is 11.7. The molecule has 19 heavy (non-hydrogen) atoms. The number of nitrogens with two attached hydrogens (primary N) is 1. The molecule has 0 atom stereocenters. The number of fused-ring (bicyclic) bond motifs is 1. The molecule has 94 valence electrons. The maximum atomic E-state index is 11.7. The van der Waals surface area contributed by atoms with Gasteiger partial charge in [-0.2, -0.15) is 0 Å². The number of carbonyl (C=O) groups excluding carboxylic acids is 1. The van der Waals surface area contributed by atoms with Gasteiger partial charge >= 0.3 is 0 Å². The summed E-state index contributed by atoms with van der Waals surface area (Å²) in [5, 5.41) is 0. The summed E-state index contributed by atoms with van der Waals surface area (Å²) in [6.07, 6.45) is 1.82. The lowest BCUT2D eigenvalue weighted by Gasteiger charge is -2.01. The Labute approximate surface area is 110 Å². The summed E-state index contributed by atoms with van der Waals surface area (Å²) in [4.78, 5) is 16.2. The Morgan fingerprint density at radius 1 is 1.21 bits per heavy atom. The van der Waals surface area contributed by atoms with E-state index in [9.17, 15) is 4.79 Å². The van der Waals surface area contributed by atoms with Crippen LogP contribution >= 0.6 is 0 Å². The highest BCUT2D eigenvalue weighted by Gasteiger charge is 2.17. The predicted octanol–water partition coefficient (Wildman–Crippen LogP) is 2.41.